The first-order valence-corrected chi connectivity index (χ1v) is 6.18. The summed E-state index contributed by atoms with van der Waals surface area (Å²) in [6, 6.07) is 10.0. The monoisotopic (exact) mass is 241 g/mol. The van der Waals surface area contributed by atoms with Crippen molar-refractivity contribution in [2.75, 3.05) is 6.61 Å². The van der Waals surface area contributed by atoms with E-state index in [2.05, 4.69) is 4.99 Å². The molecule has 0 fully saturated rings. The third kappa shape index (κ3) is 2.54. The van der Waals surface area contributed by atoms with Crippen molar-refractivity contribution in [2.24, 2.45) is 4.99 Å². The molecular weight excluding hydrogens is 230 g/mol. The van der Waals surface area contributed by atoms with E-state index < -0.39 is 0 Å². The van der Waals surface area contributed by atoms with Crippen LogP contribution in [0.5, 0.6) is 0 Å². The van der Waals surface area contributed by atoms with E-state index in [9.17, 15) is 0 Å². The lowest BCUT2D eigenvalue weighted by Gasteiger charge is -2.08. The Hall–Kier alpha value is -0.510. The van der Waals surface area contributed by atoms with E-state index >= 15 is 0 Å². The Bertz CT molecular complexity index is 355. The van der Waals surface area contributed by atoms with Gasteiger partial charge in [0.05, 0.1) is 0 Å². The number of aliphatic imine (C=N–C) groups is 1. The highest BCUT2D eigenvalue weighted by molar-refractivity contribution is 8.16. The smallest absolute Gasteiger partial charge is 0.175 e. The highest BCUT2D eigenvalue weighted by Gasteiger charge is 2.29. The molecule has 2 nitrogen and oxygen atoms in total. The fourth-order valence-corrected chi connectivity index (χ4v) is 2.66. The first-order chi connectivity index (χ1) is 7.31. The summed E-state index contributed by atoms with van der Waals surface area (Å²) in [5.41, 5.74) is 1.11. The minimum Gasteiger partial charge on any atom is -0.354 e. The van der Waals surface area contributed by atoms with Crippen LogP contribution in [0.25, 0.3) is 0 Å². The van der Waals surface area contributed by atoms with Crippen molar-refractivity contribution >= 4 is 28.4 Å². The van der Waals surface area contributed by atoms with Gasteiger partial charge in [-0.15, -0.1) is 11.6 Å². The first-order valence-electron chi connectivity index (χ1n) is 4.87. The van der Waals surface area contributed by atoms with Crippen LogP contribution in [0.2, 0.25) is 0 Å². The second-order valence-electron chi connectivity index (χ2n) is 3.12. The summed E-state index contributed by atoms with van der Waals surface area (Å²) in [6.07, 6.45) is -0.211. The Labute approximate surface area is 98.7 Å². The first kappa shape index (κ1) is 11.0. The minimum absolute atomic E-state index is 0.111. The molecule has 2 rings (SSSR count). The van der Waals surface area contributed by atoms with Gasteiger partial charge in [-0.1, -0.05) is 42.1 Å². The van der Waals surface area contributed by atoms with Gasteiger partial charge in [0, 0.05) is 12.2 Å². The van der Waals surface area contributed by atoms with Gasteiger partial charge in [-0.05, 0) is 6.92 Å². The fraction of sp³-hybridized carbons (Fsp3) is 0.364. The molecule has 0 saturated heterocycles. The van der Waals surface area contributed by atoms with Crippen LogP contribution in [0.15, 0.2) is 35.3 Å². The van der Waals surface area contributed by atoms with Gasteiger partial charge in [0.25, 0.3) is 0 Å². The zero-order chi connectivity index (χ0) is 10.7. The molecule has 1 aliphatic rings. The molecule has 1 aromatic rings. The maximum Gasteiger partial charge on any atom is 0.175 e. The number of rotatable bonds is 3. The SMILES string of the molecule is CCOC1N=C(c2ccccc2)SC1Cl. The summed E-state index contributed by atoms with van der Waals surface area (Å²) in [5, 5.41) is 0.967. The van der Waals surface area contributed by atoms with Crippen molar-refractivity contribution in [2.45, 2.75) is 17.9 Å². The average molecular weight is 242 g/mol. The normalized spacial score (nSPS) is 25.3. The van der Waals surface area contributed by atoms with Gasteiger partial charge in [-0.3, -0.25) is 0 Å². The van der Waals surface area contributed by atoms with Gasteiger partial charge in [0.15, 0.2) is 6.23 Å². The molecule has 0 aliphatic carbocycles. The molecule has 0 N–H and O–H groups in total. The van der Waals surface area contributed by atoms with E-state index in [0.29, 0.717) is 6.61 Å². The highest BCUT2D eigenvalue weighted by Crippen LogP contribution is 2.33. The third-order valence-electron chi connectivity index (χ3n) is 2.05. The van der Waals surface area contributed by atoms with Gasteiger partial charge in [-0.25, -0.2) is 4.99 Å². The maximum atomic E-state index is 6.13. The average Bonchev–Trinajstić information content (AvgIpc) is 2.63. The Morgan fingerprint density at radius 3 is 2.80 bits per heavy atom. The molecule has 1 heterocycles. The van der Waals surface area contributed by atoms with Gasteiger partial charge in [0.2, 0.25) is 0 Å². The molecule has 1 aromatic carbocycles. The Kier molecular flexibility index (Phi) is 3.67. The number of alkyl halides is 1. The van der Waals surface area contributed by atoms with Crippen LogP contribution in [0.3, 0.4) is 0 Å². The molecule has 0 aromatic heterocycles. The predicted molar refractivity (Wildman–Crippen MR) is 65.6 cm³/mol. The van der Waals surface area contributed by atoms with Gasteiger partial charge in [0.1, 0.15) is 9.75 Å². The van der Waals surface area contributed by atoms with E-state index in [1.165, 1.54) is 0 Å². The Balaban J connectivity index is 2.15. The Morgan fingerprint density at radius 1 is 1.40 bits per heavy atom. The predicted octanol–water partition coefficient (Wildman–Crippen LogP) is 3.11. The molecule has 0 amide bonds. The highest BCUT2D eigenvalue weighted by atomic mass is 35.5. The van der Waals surface area contributed by atoms with E-state index in [4.69, 9.17) is 16.3 Å². The maximum absolute atomic E-state index is 6.13. The summed E-state index contributed by atoms with van der Waals surface area (Å²) < 4.78 is 5.32. The summed E-state index contributed by atoms with van der Waals surface area (Å²) in [4.78, 5) is 4.45. The van der Waals surface area contributed by atoms with E-state index in [1.807, 2.05) is 37.3 Å². The van der Waals surface area contributed by atoms with Gasteiger partial charge >= 0.3 is 0 Å². The zero-order valence-electron chi connectivity index (χ0n) is 8.39. The van der Waals surface area contributed by atoms with Crippen LogP contribution in [0.4, 0.5) is 0 Å². The van der Waals surface area contributed by atoms with Crippen molar-refractivity contribution in [1.82, 2.24) is 0 Å². The molecule has 2 atom stereocenters. The fourth-order valence-electron chi connectivity index (χ4n) is 1.38. The van der Waals surface area contributed by atoms with E-state index in [-0.39, 0.29) is 10.9 Å². The van der Waals surface area contributed by atoms with Crippen molar-refractivity contribution in [3.05, 3.63) is 35.9 Å². The van der Waals surface area contributed by atoms with Crippen molar-refractivity contribution < 1.29 is 4.74 Å². The molecule has 80 valence electrons. The van der Waals surface area contributed by atoms with E-state index in [1.54, 1.807) is 11.8 Å². The molecule has 0 spiro atoms. The summed E-state index contributed by atoms with van der Waals surface area (Å²) in [7, 11) is 0. The number of hydrogen-bond acceptors (Lipinski definition) is 3. The van der Waals surface area contributed by atoms with Crippen LogP contribution >= 0.6 is 23.4 Å². The van der Waals surface area contributed by atoms with Crippen LogP contribution < -0.4 is 0 Å². The van der Waals surface area contributed by atoms with Crippen molar-refractivity contribution in [3.63, 3.8) is 0 Å². The summed E-state index contributed by atoms with van der Waals surface area (Å²) >= 11 is 7.68. The molecule has 1 aliphatic heterocycles. The number of nitrogens with zero attached hydrogens (tertiary/aromatic N) is 1. The number of halogens is 1. The molecule has 15 heavy (non-hydrogen) atoms. The van der Waals surface area contributed by atoms with Gasteiger partial charge < -0.3 is 4.74 Å². The molecule has 2 unspecified atom stereocenters. The topological polar surface area (TPSA) is 21.6 Å². The number of benzene rings is 1. The van der Waals surface area contributed by atoms with Crippen molar-refractivity contribution in [3.8, 4) is 0 Å². The van der Waals surface area contributed by atoms with Crippen LogP contribution in [-0.2, 0) is 4.74 Å². The molecule has 0 saturated carbocycles. The lowest BCUT2D eigenvalue weighted by molar-refractivity contribution is 0.0822. The summed E-state index contributed by atoms with van der Waals surface area (Å²) in [6.45, 7) is 2.59. The quantitative estimate of drug-likeness (QED) is 0.759. The number of ether oxygens (including phenoxy) is 1. The minimum atomic E-state index is -0.211. The van der Waals surface area contributed by atoms with Crippen LogP contribution in [0.1, 0.15) is 12.5 Å². The lowest BCUT2D eigenvalue weighted by atomic mass is 10.2. The van der Waals surface area contributed by atoms with Crippen LogP contribution in [0, 0.1) is 0 Å². The zero-order valence-corrected chi connectivity index (χ0v) is 9.96. The van der Waals surface area contributed by atoms with Crippen LogP contribution in [-0.4, -0.2) is 22.6 Å². The number of thioether (sulfide) groups is 1. The molecular formula is C11H12ClNOS. The third-order valence-corrected chi connectivity index (χ3v) is 3.56. The standard InChI is InChI=1S/C11H12ClNOS/c1-2-14-10-9(12)15-11(13-10)8-6-4-3-5-7-8/h3-7,9-10H,2H2,1H3. The number of hydrogen-bond donors (Lipinski definition) is 0. The summed E-state index contributed by atoms with van der Waals surface area (Å²) in [5.74, 6) is 0. The van der Waals surface area contributed by atoms with Crippen molar-refractivity contribution in [1.29, 1.82) is 0 Å². The molecule has 4 heteroatoms. The Morgan fingerprint density at radius 2 is 2.13 bits per heavy atom. The molecule has 0 bridgehead atoms. The van der Waals surface area contributed by atoms with E-state index in [0.717, 1.165) is 10.6 Å². The largest absolute Gasteiger partial charge is 0.354 e. The van der Waals surface area contributed by atoms with Gasteiger partial charge in [-0.2, -0.15) is 0 Å². The second-order valence-corrected chi connectivity index (χ2v) is 4.97. The molecule has 0 radical (unpaired) electrons. The second kappa shape index (κ2) is 5.01. The lowest BCUT2D eigenvalue weighted by Crippen LogP contribution is -2.15.